The third kappa shape index (κ3) is 5.93. The Kier molecular flexibility index (Phi) is 8.23. The zero-order chi connectivity index (χ0) is 24.9. The van der Waals surface area contributed by atoms with E-state index >= 15 is 0 Å². The van der Waals surface area contributed by atoms with Crippen LogP contribution in [0.4, 0.5) is 5.69 Å². The highest BCUT2D eigenvalue weighted by molar-refractivity contribution is 8.27. The SMILES string of the molecule is CCOc1cc(/C=C2/SC(=S)N(c3ccc(OC)cc3)C2=O)ccc1OCc1ccc(Cl)c(Cl)c1. The Hall–Kier alpha value is -2.71. The molecule has 1 amide bonds. The molecule has 180 valence electrons. The van der Waals surface area contributed by atoms with Crippen molar-refractivity contribution >= 4 is 69.2 Å². The maximum absolute atomic E-state index is 13.1. The summed E-state index contributed by atoms with van der Waals surface area (Å²) >= 11 is 18.8. The van der Waals surface area contributed by atoms with E-state index in [1.165, 1.54) is 16.7 Å². The molecule has 3 aromatic carbocycles. The van der Waals surface area contributed by atoms with E-state index in [0.717, 1.165) is 11.1 Å². The summed E-state index contributed by atoms with van der Waals surface area (Å²) < 4.78 is 17.4. The van der Waals surface area contributed by atoms with E-state index in [0.29, 0.717) is 55.4 Å². The smallest absolute Gasteiger partial charge is 0.270 e. The maximum atomic E-state index is 13.1. The summed E-state index contributed by atoms with van der Waals surface area (Å²) in [7, 11) is 1.59. The van der Waals surface area contributed by atoms with Crippen molar-refractivity contribution in [2.24, 2.45) is 0 Å². The van der Waals surface area contributed by atoms with Crippen LogP contribution >= 0.6 is 47.2 Å². The van der Waals surface area contributed by atoms with Crippen molar-refractivity contribution in [3.05, 3.63) is 86.7 Å². The quantitative estimate of drug-likeness (QED) is 0.217. The highest BCUT2D eigenvalue weighted by Crippen LogP contribution is 2.38. The highest BCUT2D eigenvalue weighted by Gasteiger charge is 2.33. The molecule has 1 aliphatic rings. The van der Waals surface area contributed by atoms with Crippen LogP contribution in [0.1, 0.15) is 18.1 Å². The van der Waals surface area contributed by atoms with Gasteiger partial charge in [0.2, 0.25) is 0 Å². The summed E-state index contributed by atoms with van der Waals surface area (Å²) in [6.45, 7) is 2.67. The summed E-state index contributed by atoms with van der Waals surface area (Å²) in [6.07, 6.45) is 1.80. The van der Waals surface area contributed by atoms with Gasteiger partial charge >= 0.3 is 0 Å². The van der Waals surface area contributed by atoms with Gasteiger partial charge in [-0.25, -0.2) is 0 Å². The van der Waals surface area contributed by atoms with Crippen LogP contribution in [0.3, 0.4) is 0 Å². The first kappa shape index (κ1) is 25.4. The fourth-order valence-electron chi connectivity index (χ4n) is 3.37. The Bertz CT molecular complexity index is 1300. The summed E-state index contributed by atoms with van der Waals surface area (Å²) in [5.41, 5.74) is 2.37. The van der Waals surface area contributed by atoms with E-state index in [4.69, 9.17) is 49.6 Å². The molecule has 1 fully saturated rings. The molecule has 0 aliphatic carbocycles. The molecule has 1 aliphatic heterocycles. The Morgan fingerprint density at radius 3 is 2.43 bits per heavy atom. The number of methoxy groups -OCH3 is 1. The molecular formula is C26H21Cl2NO4S2. The Morgan fingerprint density at radius 1 is 0.971 bits per heavy atom. The summed E-state index contributed by atoms with van der Waals surface area (Å²) in [4.78, 5) is 15.1. The number of rotatable bonds is 8. The van der Waals surface area contributed by atoms with Gasteiger partial charge < -0.3 is 14.2 Å². The van der Waals surface area contributed by atoms with Crippen molar-refractivity contribution in [1.29, 1.82) is 0 Å². The zero-order valence-electron chi connectivity index (χ0n) is 18.9. The molecule has 35 heavy (non-hydrogen) atoms. The molecule has 0 bridgehead atoms. The van der Waals surface area contributed by atoms with E-state index in [2.05, 4.69) is 0 Å². The van der Waals surface area contributed by atoms with E-state index < -0.39 is 0 Å². The first-order valence-corrected chi connectivity index (χ1v) is 12.6. The molecule has 5 nitrogen and oxygen atoms in total. The predicted octanol–water partition coefficient (Wildman–Crippen LogP) is 7.39. The van der Waals surface area contributed by atoms with Gasteiger partial charge in [-0.3, -0.25) is 9.69 Å². The molecule has 4 rings (SSSR count). The van der Waals surface area contributed by atoms with Crippen LogP contribution < -0.4 is 19.1 Å². The van der Waals surface area contributed by atoms with Gasteiger partial charge in [0.25, 0.3) is 5.91 Å². The molecule has 0 aromatic heterocycles. The van der Waals surface area contributed by atoms with Crippen LogP contribution in [0.2, 0.25) is 10.0 Å². The number of thioether (sulfide) groups is 1. The van der Waals surface area contributed by atoms with E-state index in [9.17, 15) is 4.79 Å². The fourth-order valence-corrected chi connectivity index (χ4v) is 4.99. The minimum atomic E-state index is -0.178. The Morgan fingerprint density at radius 2 is 1.74 bits per heavy atom. The van der Waals surface area contributed by atoms with Gasteiger partial charge in [-0.05, 0) is 72.7 Å². The molecule has 0 saturated carbocycles. The van der Waals surface area contributed by atoms with Gasteiger partial charge in [-0.15, -0.1) is 0 Å². The number of nitrogens with zero attached hydrogens (tertiary/aromatic N) is 1. The lowest BCUT2D eigenvalue weighted by atomic mass is 10.1. The zero-order valence-corrected chi connectivity index (χ0v) is 22.1. The van der Waals surface area contributed by atoms with Crippen molar-refractivity contribution in [3.8, 4) is 17.2 Å². The van der Waals surface area contributed by atoms with Crippen molar-refractivity contribution < 1.29 is 19.0 Å². The number of halogens is 2. The molecule has 1 saturated heterocycles. The second-order valence-electron chi connectivity index (χ2n) is 7.39. The van der Waals surface area contributed by atoms with Crippen molar-refractivity contribution in [2.75, 3.05) is 18.6 Å². The van der Waals surface area contributed by atoms with E-state index in [1.54, 1.807) is 49.6 Å². The lowest BCUT2D eigenvalue weighted by molar-refractivity contribution is -0.113. The molecule has 0 radical (unpaired) electrons. The fraction of sp³-hybridized carbons (Fsp3) is 0.154. The van der Waals surface area contributed by atoms with Crippen LogP contribution in [0.5, 0.6) is 17.2 Å². The Labute approximate surface area is 223 Å². The minimum absolute atomic E-state index is 0.178. The first-order chi connectivity index (χ1) is 16.9. The number of ether oxygens (including phenoxy) is 3. The number of carbonyl (C=O) groups is 1. The lowest BCUT2D eigenvalue weighted by Crippen LogP contribution is -2.27. The molecule has 1 heterocycles. The van der Waals surface area contributed by atoms with Crippen LogP contribution in [0.15, 0.2) is 65.6 Å². The van der Waals surface area contributed by atoms with Gasteiger partial charge in [0.05, 0.1) is 34.4 Å². The highest BCUT2D eigenvalue weighted by atomic mass is 35.5. The maximum Gasteiger partial charge on any atom is 0.270 e. The van der Waals surface area contributed by atoms with Crippen molar-refractivity contribution in [3.63, 3.8) is 0 Å². The summed E-state index contributed by atoms with van der Waals surface area (Å²) in [5, 5.41) is 0.965. The average Bonchev–Trinajstić information content (AvgIpc) is 3.13. The third-order valence-corrected chi connectivity index (χ3v) is 7.11. The Balaban J connectivity index is 1.53. The predicted molar refractivity (Wildman–Crippen MR) is 147 cm³/mol. The summed E-state index contributed by atoms with van der Waals surface area (Å²) in [5.74, 6) is 1.69. The van der Waals surface area contributed by atoms with Crippen LogP contribution in [-0.4, -0.2) is 23.9 Å². The van der Waals surface area contributed by atoms with Gasteiger partial charge in [0.1, 0.15) is 12.4 Å². The normalized spacial score (nSPS) is 14.5. The van der Waals surface area contributed by atoms with Crippen LogP contribution in [0.25, 0.3) is 6.08 Å². The largest absolute Gasteiger partial charge is 0.497 e. The van der Waals surface area contributed by atoms with E-state index in [1.807, 2.05) is 31.2 Å². The molecule has 0 N–H and O–H groups in total. The van der Waals surface area contributed by atoms with E-state index in [-0.39, 0.29) is 5.91 Å². The monoisotopic (exact) mass is 545 g/mol. The number of anilines is 1. The molecule has 0 spiro atoms. The van der Waals surface area contributed by atoms with Gasteiger partial charge in [0.15, 0.2) is 15.8 Å². The molecule has 3 aromatic rings. The molecular weight excluding hydrogens is 525 g/mol. The van der Waals surface area contributed by atoms with Crippen molar-refractivity contribution in [2.45, 2.75) is 13.5 Å². The minimum Gasteiger partial charge on any atom is -0.497 e. The number of thiocarbonyl (C=S) groups is 1. The lowest BCUT2D eigenvalue weighted by Gasteiger charge is -2.15. The standard InChI is InChI=1S/C26H21Cl2NO4S2/c1-3-32-23-13-16(5-11-22(23)33-15-17-4-10-20(27)21(28)12-17)14-24-25(30)29(26(34)35-24)18-6-8-19(31-2)9-7-18/h4-14H,3,15H2,1-2H3/b24-14+. The number of hydrogen-bond acceptors (Lipinski definition) is 6. The molecule has 9 heteroatoms. The number of hydrogen-bond donors (Lipinski definition) is 0. The van der Waals surface area contributed by atoms with Gasteiger partial charge in [-0.1, -0.05) is 59.3 Å². The van der Waals surface area contributed by atoms with Gasteiger partial charge in [0, 0.05) is 0 Å². The summed E-state index contributed by atoms with van der Waals surface area (Å²) in [6, 6.07) is 18.1. The second kappa shape index (κ2) is 11.4. The number of amides is 1. The number of carbonyl (C=O) groups excluding carboxylic acids is 1. The van der Waals surface area contributed by atoms with Gasteiger partial charge in [-0.2, -0.15) is 0 Å². The average molecular weight is 546 g/mol. The number of benzene rings is 3. The van der Waals surface area contributed by atoms with Crippen molar-refractivity contribution in [1.82, 2.24) is 0 Å². The van der Waals surface area contributed by atoms with Crippen LogP contribution in [-0.2, 0) is 11.4 Å². The second-order valence-corrected chi connectivity index (χ2v) is 9.88. The topological polar surface area (TPSA) is 48.0 Å². The first-order valence-electron chi connectivity index (χ1n) is 10.6. The third-order valence-electron chi connectivity index (χ3n) is 5.07. The molecule has 0 atom stereocenters. The molecule has 0 unspecified atom stereocenters. The van der Waals surface area contributed by atoms with Crippen LogP contribution in [0, 0.1) is 0 Å².